The van der Waals surface area contributed by atoms with Crippen LogP contribution in [0.4, 0.5) is 0 Å². The van der Waals surface area contributed by atoms with Crippen LogP contribution in [-0.2, 0) is 6.42 Å². The SMILES string of the molecule is Cc1ncc(CCNC(C)C2(C)CC2)s1. The minimum absolute atomic E-state index is 0.587. The number of aryl methyl sites for hydroxylation is 1. The molecule has 1 N–H and O–H groups in total. The summed E-state index contributed by atoms with van der Waals surface area (Å²) in [5, 5.41) is 4.80. The predicted molar refractivity (Wildman–Crippen MR) is 65.4 cm³/mol. The van der Waals surface area contributed by atoms with E-state index in [0.29, 0.717) is 11.5 Å². The second-order valence-corrected chi connectivity index (χ2v) is 6.24. The third-order valence-corrected chi connectivity index (χ3v) is 4.55. The van der Waals surface area contributed by atoms with Crippen LogP contribution in [0, 0.1) is 12.3 Å². The van der Waals surface area contributed by atoms with E-state index in [1.165, 1.54) is 22.7 Å². The third kappa shape index (κ3) is 2.79. The van der Waals surface area contributed by atoms with Gasteiger partial charge in [-0.2, -0.15) is 0 Å². The van der Waals surface area contributed by atoms with E-state index in [1.54, 1.807) is 0 Å². The topological polar surface area (TPSA) is 24.9 Å². The van der Waals surface area contributed by atoms with Crippen LogP contribution in [0.3, 0.4) is 0 Å². The van der Waals surface area contributed by atoms with Gasteiger partial charge in [-0.05, 0) is 38.5 Å². The Labute approximate surface area is 96.1 Å². The van der Waals surface area contributed by atoms with E-state index in [-0.39, 0.29) is 0 Å². The lowest BCUT2D eigenvalue weighted by Crippen LogP contribution is -2.34. The fourth-order valence-electron chi connectivity index (χ4n) is 1.81. The van der Waals surface area contributed by atoms with Gasteiger partial charge in [0.05, 0.1) is 5.01 Å². The predicted octanol–water partition coefficient (Wildman–Crippen LogP) is 2.77. The molecule has 2 nitrogen and oxygen atoms in total. The Kier molecular flexibility index (Phi) is 3.12. The zero-order valence-corrected chi connectivity index (χ0v) is 10.7. The van der Waals surface area contributed by atoms with Crippen molar-refractivity contribution in [3.05, 3.63) is 16.1 Å². The third-order valence-electron chi connectivity index (χ3n) is 3.58. The molecular formula is C12H20N2S. The summed E-state index contributed by atoms with van der Waals surface area (Å²) in [6, 6.07) is 0.659. The van der Waals surface area contributed by atoms with E-state index in [9.17, 15) is 0 Å². The van der Waals surface area contributed by atoms with Gasteiger partial charge in [-0.3, -0.25) is 0 Å². The first-order valence-electron chi connectivity index (χ1n) is 5.75. The average molecular weight is 224 g/mol. The molecule has 0 amide bonds. The second kappa shape index (κ2) is 4.22. The number of hydrogen-bond acceptors (Lipinski definition) is 3. The molecule has 84 valence electrons. The Bertz CT molecular complexity index is 328. The second-order valence-electron chi connectivity index (χ2n) is 4.93. The Hall–Kier alpha value is -0.410. The van der Waals surface area contributed by atoms with Crippen molar-refractivity contribution >= 4 is 11.3 Å². The van der Waals surface area contributed by atoms with Crippen LogP contribution in [0.2, 0.25) is 0 Å². The van der Waals surface area contributed by atoms with E-state index in [0.717, 1.165) is 13.0 Å². The molecule has 1 aliphatic rings. The van der Waals surface area contributed by atoms with E-state index in [4.69, 9.17) is 0 Å². The zero-order chi connectivity index (χ0) is 10.9. The van der Waals surface area contributed by atoms with Gasteiger partial charge in [0, 0.05) is 23.7 Å². The highest BCUT2D eigenvalue weighted by Crippen LogP contribution is 2.47. The van der Waals surface area contributed by atoms with Gasteiger partial charge in [-0.25, -0.2) is 4.98 Å². The van der Waals surface area contributed by atoms with E-state index in [2.05, 4.69) is 31.1 Å². The summed E-state index contributed by atoms with van der Waals surface area (Å²) >= 11 is 1.81. The average Bonchev–Trinajstić information content (AvgIpc) is 2.81. The van der Waals surface area contributed by atoms with E-state index >= 15 is 0 Å². The Morgan fingerprint density at radius 3 is 2.87 bits per heavy atom. The van der Waals surface area contributed by atoms with E-state index in [1.807, 2.05) is 17.5 Å². The molecule has 0 spiro atoms. The highest BCUT2D eigenvalue weighted by molar-refractivity contribution is 7.11. The number of aromatic nitrogens is 1. The summed E-state index contributed by atoms with van der Waals surface area (Å²) < 4.78 is 0. The molecule has 1 aliphatic carbocycles. The maximum absolute atomic E-state index is 4.27. The number of nitrogens with zero attached hydrogens (tertiary/aromatic N) is 1. The van der Waals surface area contributed by atoms with Crippen LogP contribution in [-0.4, -0.2) is 17.6 Å². The molecule has 0 bridgehead atoms. The van der Waals surface area contributed by atoms with Crippen molar-refractivity contribution < 1.29 is 0 Å². The Morgan fingerprint density at radius 2 is 2.33 bits per heavy atom. The van der Waals surface area contributed by atoms with Gasteiger partial charge in [0.25, 0.3) is 0 Å². The molecule has 1 heterocycles. The quantitative estimate of drug-likeness (QED) is 0.832. The van der Waals surface area contributed by atoms with Crippen LogP contribution in [0.25, 0.3) is 0 Å². The molecule has 15 heavy (non-hydrogen) atoms. The standard InChI is InChI=1S/C12H20N2S/c1-9(12(3)5-6-12)13-7-4-11-8-14-10(2)15-11/h8-9,13H,4-7H2,1-3H3. The molecule has 0 aromatic carbocycles. The lowest BCUT2D eigenvalue weighted by molar-refractivity contribution is 0.384. The minimum Gasteiger partial charge on any atom is -0.313 e. The summed E-state index contributed by atoms with van der Waals surface area (Å²) in [6.45, 7) is 7.83. The molecular weight excluding hydrogens is 204 g/mol. The lowest BCUT2D eigenvalue weighted by Gasteiger charge is -2.19. The van der Waals surface area contributed by atoms with Gasteiger partial charge in [0.1, 0.15) is 0 Å². The van der Waals surface area contributed by atoms with Gasteiger partial charge >= 0.3 is 0 Å². The smallest absolute Gasteiger partial charge is 0.0896 e. The van der Waals surface area contributed by atoms with Gasteiger partial charge in [-0.15, -0.1) is 11.3 Å². The maximum Gasteiger partial charge on any atom is 0.0896 e. The molecule has 1 aromatic heterocycles. The monoisotopic (exact) mass is 224 g/mol. The van der Waals surface area contributed by atoms with Crippen LogP contribution in [0.15, 0.2) is 6.20 Å². The highest BCUT2D eigenvalue weighted by Gasteiger charge is 2.41. The molecule has 1 atom stereocenters. The van der Waals surface area contributed by atoms with Crippen molar-refractivity contribution in [3.8, 4) is 0 Å². The van der Waals surface area contributed by atoms with Gasteiger partial charge in [0.15, 0.2) is 0 Å². The maximum atomic E-state index is 4.27. The van der Waals surface area contributed by atoms with E-state index < -0.39 is 0 Å². The molecule has 0 radical (unpaired) electrons. The van der Waals surface area contributed by atoms with Crippen LogP contribution < -0.4 is 5.32 Å². The number of hydrogen-bond donors (Lipinski definition) is 1. The first-order chi connectivity index (χ1) is 7.10. The number of nitrogens with one attached hydrogen (secondary N) is 1. The van der Waals surface area contributed by atoms with Gasteiger partial charge < -0.3 is 5.32 Å². The van der Waals surface area contributed by atoms with Crippen molar-refractivity contribution in [2.45, 2.75) is 46.1 Å². The Morgan fingerprint density at radius 1 is 1.60 bits per heavy atom. The molecule has 2 rings (SSSR count). The summed E-state index contributed by atoms with van der Waals surface area (Å²) in [6.07, 6.45) is 5.90. The first-order valence-corrected chi connectivity index (χ1v) is 6.56. The zero-order valence-electron chi connectivity index (χ0n) is 9.84. The molecule has 1 unspecified atom stereocenters. The summed E-state index contributed by atoms with van der Waals surface area (Å²) in [7, 11) is 0. The first kappa shape index (κ1) is 11.1. The molecule has 1 aromatic rings. The molecule has 3 heteroatoms. The van der Waals surface area contributed by atoms with Gasteiger partial charge in [-0.1, -0.05) is 6.92 Å². The molecule has 0 aliphatic heterocycles. The lowest BCUT2D eigenvalue weighted by atomic mass is 10.0. The van der Waals surface area contributed by atoms with Crippen molar-refractivity contribution in [2.24, 2.45) is 5.41 Å². The minimum atomic E-state index is 0.587. The number of thiazole rings is 1. The van der Waals surface area contributed by atoms with Crippen molar-refractivity contribution in [2.75, 3.05) is 6.54 Å². The van der Waals surface area contributed by atoms with Crippen LogP contribution in [0.1, 0.15) is 36.6 Å². The summed E-state index contributed by atoms with van der Waals surface area (Å²) in [5.41, 5.74) is 0.587. The summed E-state index contributed by atoms with van der Waals surface area (Å²) in [5.74, 6) is 0. The fraction of sp³-hybridized carbons (Fsp3) is 0.750. The molecule has 1 saturated carbocycles. The van der Waals surface area contributed by atoms with Crippen molar-refractivity contribution in [1.29, 1.82) is 0 Å². The fourth-order valence-corrected chi connectivity index (χ4v) is 2.60. The largest absolute Gasteiger partial charge is 0.313 e. The normalized spacial score (nSPS) is 20.2. The highest BCUT2D eigenvalue weighted by atomic mass is 32.1. The molecule has 0 saturated heterocycles. The number of rotatable bonds is 5. The van der Waals surface area contributed by atoms with Crippen molar-refractivity contribution in [1.82, 2.24) is 10.3 Å². The molecule has 1 fully saturated rings. The van der Waals surface area contributed by atoms with Crippen LogP contribution in [0.5, 0.6) is 0 Å². The van der Waals surface area contributed by atoms with Gasteiger partial charge in [0.2, 0.25) is 0 Å². The Balaban J connectivity index is 1.71. The van der Waals surface area contributed by atoms with Crippen molar-refractivity contribution in [3.63, 3.8) is 0 Å². The summed E-state index contributed by atoms with van der Waals surface area (Å²) in [4.78, 5) is 5.66. The van der Waals surface area contributed by atoms with Crippen LogP contribution >= 0.6 is 11.3 Å².